The van der Waals surface area contributed by atoms with Crippen molar-refractivity contribution in [2.75, 3.05) is 11.9 Å². The van der Waals surface area contributed by atoms with Crippen LogP contribution >= 0.6 is 15.9 Å². The van der Waals surface area contributed by atoms with Crippen LogP contribution in [0, 0.1) is 0 Å². The van der Waals surface area contributed by atoms with Crippen molar-refractivity contribution in [2.24, 2.45) is 0 Å². The van der Waals surface area contributed by atoms with Gasteiger partial charge < -0.3 is 9.15 Å². The highest BCUT2D eigenvalue weighted by atomic mass is 79.9. The molecule has 0 radical (unpaired) electrons. The van der Waals surface area contributed by atoms with E-state index in [1.54, 1.807) is 12.1 Å². The number of benzene rings is 2. The Labute approximate surface area is 136 Å². The van der Waals surface area contributed by atoms with E-state index in [9.17, 15) is 4.79 Å². The summed E-state index contributed by atoms with van der Waals surface area (Å²) >= 11 is 3.36. The molecule has 0 saturated heterocycles. The smallest absolute Gasteiger partial charge is 0.193 e. The van der Waals surface area contributed by atoms with Gasteiger partial charge in [0.05, 0.1) is 12.0 Å². The Kier molecular flexibility index (Phi) is 4.59. The summed E-state index contributed by atoms with van der Waals surface area (Å²) in [5.41, 5.74) is 1.39. The predicted octanol–water partition coefficient (Wildman–Crippen LogP) is 4.62. The molecule has 22 heavy (non-hydrogen) atoms. The third-order valence-corrected chi connectivity index (χ3v) is 3.86. The first-order valence-corrected chi connectivity index (χ1v) is 8.22. The number of fused-ring (bicyclic) bond motifs is 1. The summed E-state index contributed by atoms with van der Waals surface area (Å²) in [6, 6.07) is 16.5. The molecule has 0 aliphatic carbocycles. The lowest BCUT2D eigenvalue weighted by Gasteiger charge is -2.07. The fourth-order valence-electron chi connectivity index (χ4n) is 2.21. The number of ether oxygens (including phenoxy) is 1. The zero-order valence-electron chi connectivity index (χ0n) is 11.9. The first-order chi connectivity index (χ1) is 10.8. The van der Waals surface area contributed by atoms with E-state index in [0.717, 1.165) is 17.3 Å². The molecule has 0 fully saturated rings. The highest BCUT2D eigenvalue weighted by molar-refractivity contribution is 9.09. The van der Waals surface area contributed by atoms with Crippen LogP contribution in [0.15, 0.2) is 63.8 Å². The molecule has 3 nitrogen and oxygen atoms in total. The number of hydrogen-bond donors (Lipinski definition) is 0. The summed E-state index contributed by atoms with van der Waals surface area (Å²) < 4.78 is 11.5. The number of hydrogen-bond acceptors (Lipinski definition) is 3. The second-order valence-electron chi connectivity index (χ2n) is 4.89. The molecule has 0 atom stereocenters. The van der Waals surface area contributed by atoms with Gasteiger partial charge in [0.1, 0.15) is 17.1 Å². The van der Waals surface area contributed by atoms with E-state index in [1.165, 1.54) is 6.07 Å². The Bertz CT molecular complexity index is 825. The maximum Gasteiger partial charge on any atom is 0.193 e. The molecule has 112 valence electrons. The lowest BCUT2D eigenvalue weighted by atomic mass is 10.1. The van der Waals surface area contributed by atoms with Crippen LogP contribution in [0.1, 0.15) is 6.42 Å². The minimum Gasteiger partial charge on any atom is -0.494 e. The molecule has 0 aliphatic heterocycles. The summed E-state index contributed by atoms with van der Waals surface area (Å²) in [6.45, 7) is 0.615. The van der Waals surface area contributed by atoms with Gasteiger partial charge in [-0.1, -0.05) is 46.3 Å². The number of halogens is 1. The Balaban J connectivity index is 1.98. The van der Waals surface area contributed by atoms with E-state index < -0.39 is 0 Å². The van der Waals surface area contributed by atoms with Crippen molar-refractivity contribution in [3.63, 3.8) is 0 Å². The van der Waals surface area contributed by atoms with Crippen molar-refractivity contribution >= 4 is 26.9 Å². The maximum absolute atomic E-state index is 12.3. The molecule has 1 heterocycles. The van der Waals surface area contributed by atoms with Crippen LogP contribution < -0.4 is 10.2 Å². The quantitative estimate of drug-likeness (QED) is 0.493. The summed E-state index contributed by atoms with van der Waals surface area (Å²) in [7, 11) is 0. The van der Waals surface area contributed by atoms with Gasteiger partial charge in [-0.2, -0.15) is 0 Å². The highest BCUT2D eigenvalue weighted by Gasteiger charge is 2.08. The van der Waals surface area contributed by atoms with Crippen LogP contribution in [-0.2, 0) is 0 Å². The van der Waals surface area contributed by atoms with Crippen molar-refractivity contribution in [2.45, 2.75) is 6.42 Å². The maximum atomic E-state index is 12.3. The lowest BCUT2D eigenvalue weighted by molar-refractivity contribution is 0.319. The molecular weight excluding hydrogens is 344 g/mol. The van der Waals surface area contributed by atoms with E-state index in [2.05, 4.69) is 15.9 Å². The molecule has 0 aliphatic rings. The number of alkyl halides is 1. The molecule has 0 bridgehead atoms. The van der Waals surface area contributed by atoms with Gasteiger partial charge in [-0.05, 0) is 24.6 Å². The third-order valence-electron chi connectivity index (χ3n) is 3.30. The van der Waals surface area contributed by atoms with Gasteiger partial charge in [0.2, 0.25) is 0 Å². The fourth-order valence-corrected chi connectivity index (χ4v) is 2.44. The van der Waals surface area contributed by atoms with Crippen LogP contribution in [0.3, 0.4) is 0 Å². The van der Waals surface area contributed by atoms with E-state index in [-0.39, 0.29) is 5.43 Å². The van der Waals surface area contributed by atoms with E-state index in [4.69, 9.17) is 9.15 Å². The first kappa shape index (κ1) is 14.9. The van der Waals surface area contributed by atoms with Gasteiger partial charge in [0.25, 0.3) is 0 Å². The SMILES string of the molecule is O=c1cc(-c2ccccc2)oc2ccc(OCCCBr)cc12. The molecule has 3 aromatic rings. The molecule has 0 N–H and O–H groups in total. The molecule has 4 heteroatoms. The second-order valence-corrected chi connectivity index (χ2v) is 5.68. The standard InChI is InChI=1S/C18H15BrO3/c19-9-4-10-21-14-7-8-17-15(11-14)16(20)12-18(22-17)13-5-2-1-3-6-13/h1-3,5-8,11-12H,4,9-10H2. The topological polar surface area (TPSA) is 39.4 Å². The van der Waals surface area contributed by atoms with Crippen LogP contribution in [-0.4, -0.2) is 11.9 Å². The first-order valence-electron chi connectivity index (χ1n) is 7.10. The molecule has 0 spiro atoms. The summed E-state index contributed by atoms with van der Waals surface area (Å²) in [5, 5.41) is 1.43. The molecule has 1 aromatic heterocycles. The van der Waals surface area contributed by atoms with Gasteiger partial charge in [0, 0.05) is 17.0 Å². The van der Waals surface area contributed by atoms with E-state index in [0.29, 0.717) is 29.1 Å². The predicted molar refractivity (Wildman–Crippen MR) is 91.8 cm³/mol. The van der Waals surface area contributed by atoms with E-state index in [1.807, 2.05) is 36.4 Å². The van der Waals surface area contributed by atoms with Crippen LogP contribution in [0.4, 0.5) is 0 Å². The normalized spacial score (nSPS) is 10.8. The van der Waals surface area contributed by atoms with Gasteiger partial charge in [0.15, 0.2) is 5.43 Å². The van der Waals surface area contributed by atoms with Gasteiger partial charge >= 0.3 is 0 Å². The zero-order valence-corrected chi connectivity index (χ0v) is 13.5. The van der Waals surface area contributed by atoms with Gasteiger partial charge in [-0.15, -0.1) is 0 Å². The molecule has 0 saturated carbocycles. The molecule has 3 rings (SSSR count). The summed E-state index contributed by atoms with van der Waals surface area (Å²) in [6.07, 6.45) is 0.916. The summed E-state index contributed by atoms with van der Waals surface area (Å²) in [5.74, 6) is 1.26. The average Bonchev–Trinajstić information content (AvgIpc) is 2.56. The third kappa shape index (κ3) is 3.22. The Hall–Kier alpha value is -2.07. The zero-order chi connectivity index (χ0) is 15.4. The fraction of sp³-hybridized carbons (Fsp3) is 0.167. The van der Waals surface area contributed by atoms with Crippen molar-refractivity contribution in [3.8, 4) is 17.1 Å². The monoisotopic (exact) mass is 358 g/mol. The van der Waals surface area contributed by atoms with Crippen molar-refractivity contribution < 1.29 is 9.15 Å². The average molecular weight is 359 g/mol. The van der Waals surface area contributed by atoms with Crippen molar-refractivity contribution in [1.29, 1.82) is 0 Å². The second kappa shape index (κ2) is 6.79. The van der Waals surface area contributed by atoms with Crippen LogP contribution in [0.2, 0.25) is 0 Å². The Morgan fingerprint density at radius 3 is 2.64 bits per heavy atom. The minimum absolute atomic E-state index is 0.0638. The Morgan fingerprint density at radius 1 is 1.05 bits per heavy atom. The van der Waals surface area contributed by atoms with Crippen LogP contribution in [0.25, 0.3) is 22.3 Å². The molecule has 2 aromatic carbocycles. The van der Waals surface area contributed by atoms with Crippen molar-refractivity contribution in [1.82, 2.24) is 0 Å². The lowest BCUT2D eigenvalue weighted by Crippen LogP contribution is -2.02. The highest BCUT2D eigenvalue weighted by Crippen LogP contribution is 2.24. The van der Waals surface area contributed by atoms with Crippen molar-refractivity contribution in [3.05, 3.63) is 64.8 Å². The Morgan fingerprint density at radius 2 is 1.86 bits per heavy atom. The minimum atomic E-state index is -0.0638. The summed E-state index contributed by atoms with van der Waals surface area (Å²) in [4.78, 5) is 12.3. The number of rotatable bonds is 5. The van der Waals surface area contributed by atoms with Gasteiger partial charge in [-0.3, -0.25) is 4.79 Å². The molecule has 0 amide bonds. The largest absolute Gasteiger partial charge is 0.494 e. The van der Waals surface area contributed by atoms with Crippen LogP contribution in [0.5, 0.6) is 5.75 Å². The van der Waals surface area contributed by atoms with Gasteiger partial charge in [-0.25, -0.2) is 0 Å². The van der Waals surface area contributed by atoms with E-state index >= 15 is 0 Å². The molecular formula is C18H15BrO3. The molecule has 0 unspecified atom stereocenters.